The molecule has 1 fully saturated rings. The molecule has 1 aliphatic rings. The molecule has 0 bridgehead atoms. The molecule has 3 atom stereocenters. The van der Waals surface area contributed by atoms with E-state index in [-0.39, 0.29) is 12.1 Å². The van der Waals surface area contributed by atoms with Gasteiger partial charge in [-0.15, -0.1) is 0 Å². The van der Waals surface area contributed by atoms with Crippen molar-refractivity contribution in [1.82, 2.24) is 24.5 Å². The molecule has 7 nitrogen and oxygen atoms in total. The lowest BCUT2D eigenvalue weighted by Gasteiger charge is -2.33. The van der Waals surface area contributed by atoms with E-state index in [1.807, 2.05) is 54.3 Å². The number of ether oxygens (including phenoxy) is 1. The summed E-state index contributed by atoms with van der Waals surface area (Å²) in [6, 6.07) is 11.5. The first-order chi connectivity index (χ1) is 14.6. The number of benzene rings is 1. The number of fused-ring (bicyclic) bond motifs is 1. The zero-order chi connectivity index (χ0) is 20.7. The Labute approximate surface area is 178 Å². The van der Waals surface area contributed by atoms with Crippen LogP contribution in [0.5, 0.6) is 5.75 Å². The van der Waals surface area contributed by atoms with Gasteiger partial charge in [0.1, 0.15) is 22.7 Å². The van der Waals surface area contributed by atoms with Crippen molar-refractivity contribution >= 4 is 22.5 Å². The molecule has 0 amide bonds. The van der Waals surface area contributed by atoms with Gasteiger partial charge in [0.05, 0.1) is 23.9 Å². The third kappa shape index (κ3) is 3.55. The van der Waals surface area contributed by atoms with Crippen LogP contribution in [0, 0.1) is 0 Å². The number of hydrogen-bond acceptors (Lipinski definition) is 5. The smallest absolute Gasteiger partial charge is 0.131 e. The second-order valence-corrected chi connectivity index (χ2v) is 8.11. The van der Waals surface area contributed by atoms with Crippen LogP contribution in [0.25, 0.3) is 22.2 Å². The molecule has 1 aromatic carbocycles. The predicted octanol–water partition coefficient (Wildman–Crippen LogP) is 4.02. The maximum Gasteiger partial charge on any atom is 0.131 e. The number of pyridine rings is 1. The number of aliphatic hydroxyl groups is 1. The molecule has 5 rings (SSSR count). The molecule has 1 unspecified atom stereocenters. The summed E-state index contributed by atoms with van der Waals surface area (Å²) in [6.45, 7) is 0. The van der Waals surface area contributed by atoms with Crippen molar-refractivity contribution < 1.29 is 9.84 Å². The number of aromatic nitrogens is 5. The van der Waals surface area contributed by atoms with E-state index in [9.17, 15) is 5.11 Å². The highest BCUT2D eigenvalue weighted by Crippen LogP contribution is 2.36. The third-order valence-corrected chi connectivity index (χ3v) is 5.85. The summed E-state index contributed by atoms with van der Waals surface area (Å²) in [5, 5.41) is 21.3. The number of aryl methyl sites for hydroxylation is 1. The second kappa shape index (κ2) is 7.74. The van der Waals surface area contributed by atoms with E-state index in [4.69, 9.17) is 21.4 Å². The summed E-state index contributed by atoms with van der Waals surface area (Å²) in [5.74, 6) is 0.779. The number of rotatable bonds is 4. The van der Waals surface area contributed by atoms with E-state index in [0.717, 1.165) is 40.8 Å². The number of hydrogen-bond donors (Lipinski definition) is 1. The lowest BCUT2D eigenvalue weighted by molar-refractivity contribution is -0.00946. The Kier molecular flexibility index (Phi) is 4.92. The van der Waals surface area contributed by atoms with Crippen molar-refractivity contribution in [2.24, 2.45) is 7.05 Å². The van der Waals surface area contributed by atoms with Crippen LogP contribution in [0.1, 0.15) is 25.3 Å². The SMILES string of the molecule is Cn1cc(-c2nn(C3CC[C@H](Oc4ccccc4)[C@@H](O)C3)c3cc(Cl)ncc23)cn1. The monoisotopic (exact) mass is 423 g/mol. The first-order valence-corrected chi connectivity index (χ1v) is 10.4. The molecule has 4 aromatic rings. The van der Waals surface area contributed by atoms with E-state index in [1.165, 1.54) is 0 Å². The van der Waals surface area contributed by atoms with Crippen LogP contribution in [-0.2, 0) is 7.05 Å². The zero-order valence-electron chi connectivity index (χ0n) is 16.5. The van der Waals surface area contributed by atoms with Crippen molar-refractivity contribution in [1.29, 1.82) is 0 Å². The van der Waals surface area contributed by atoms with Crippen LogP contribution < -0.4 is 4.74 Å². The number of nitrogens with zero attached hydrogens (tertiary/aromatic N) is 5. The first kappa shape index (κ1) is 19.1. The van der Waals surface area contributed by atoms with Crippen LogP contribution in [-0.4, -0.2) is 41.9 Å². The number of para-hydroxylation sites is 1. The van der Waals surface area contributed by atoms with E-state index < -0.39 is 6.10 Å². The van der Waals surface area contributed by atoms with Crippen LogP contribution in [0.15, 0.2) is 55.0 Å². The fourth-order valence-corrected chi connectivity index (χ4v) is 4.33. The molecule has 0 spiro atoms. The summed E-state index contributed by atoms with van der Waals surface area (Å²) in [4.78, 5) is 4.25. The Balaban J connectivity index is 1.44. The number of aliphatic hydroxyl groups excluding tert-OH is 1. The molecule has 154 valence electrons. The van der Waals surface area contributed by atoms with Crippen molar-refractivity contribution in [3.05, 3.63) is 60.1 Å². The van der Waals surface area contributed by atoms with Crippen molar-refractivity contribution in [2.45, 2.75) is 37.5 Å². The highest BCUT2D eigenvalue weighted by atomic mass is 35.5. The minimum absolute atomic E-state index is 0.0435. The number of halogens is 1. The largest absolute Gasteiger partial charge is 0.488 e. The molecule has 8 heteroatoms. The van der Waals surface area contributed by atoms with Gasteiger partial charge < -0.3 is 9.84 Å². The minimum atomic E-state index is -0.581. The van der Waals surface area contributed by atoms with Gasteiger partial charge in [0.25, 0.3) is 0 Å². The topological polar surface area (TPSA) is 78.0 Å². The molecule has 0 saturated heterocycles. The van der Waals surface area contributed by atoms with Crippen LogP contribution in [0.4, 0.5) is 0 Å². The summed E-state index contributed by atoms with van der Waals surface area (Å²) in [5.41, 5.74) is 2.65. The van der Waals surface area contributed by atoms with Gasteiger partial charge in [-0.1, -0.05) is 29.8 Å². The Morgan fingerprint density at radius 1 is 1.17 bits per heavy atom. The van der Waals surface area contributed by atoms with Crippen LogP contribution in [0.2, 0.25) is 5.15 Å². The first-order valence-electron chi connectivity index (χ1n) is 10.0. The molecule has 1 N–H and O–H groups in total. The molecule has 0 aliphatic heterocycles. The van der Waals surface area contributed by atoms with Gasteiger partial charge >= 0.3 is 0 Å². The maximum atomic E-state index is 10.8. The molecule has 3 aromatic heterocycles. The quantitative estimate of drug-likeness (QED) is 0.501. The molecular weight excluding hydrogens is 402 g/mol. The van der Waals surface area contributed by atoms with Gasteiger partial charge in [-0.25, -0.2) is 4.98 Å². The average Bonchev–Trinajstić information content (AvgIpc) is 3.33. The molecular formula is C22H22ClN5O2. The standard InChI is InChI=1S/C22H22ClN5O2/c1-27-13-14(11-25-27)22-17-12-24-21(23)10-18(17)28(26-22)15-7-8-20(19(29)9-15)30-16-5-3-2-4-6-16/h2-6,10-13,15,19-20,29H,7-9H2,1H3/t15?,19-,20-/m0/s1. The highest BCUT2D eigenvalue weighted by Gasteiger charge is 2.33. The summed E-state index contributed by atoms with van der Waals surface area (Å²) < 4.78 is 9.74. The molecule has 3 heterocycles. The van der Waals surface area contributed by atoms with E-state index in [0.29, 0.717) is 11.6 Å². The third-order valence-electron chi connectivity index (χ3n) is 5.64. The highest BCUT2D eigenvalue weighted by molar-refractivity contribution is 6.30. The predicted molar refractivity (Wildman–Crippen MR) is 114 cm³/mol. The maximum absolute atomic E-state index is 10.8. The van der Waals surface area contributed by atoms with Gasteiger partial charge in [0.15, 0.2) is 0 Å². The fourth-order valence-electron chi connectivity index (χ4n) is 4.17. The van der Waals surface area contributed by atoms with Crippen molar-refractivity contribution in [3.63, 3.8) is 0 Å². The van der Waals surface area contributed by atoms with Crippen molar-refractivity contribution in [3.8, 4) is 17.0 Å². The van der Waals surface area contributed by atoms with Gasteiger partial charge in [-0.05, 0) is 31.4 Å². The summed E-state index contributed by atoms with van der Waals surface area (Å²) in [7, 11) is 1.88. The van der Waals surface area contributed by atoms with Gasteiger partial charge in [-0.3, -0.25) is 9.36 Å². The van der Waals surface area contributed by atoms with E-state index in [2.05, 4.69) is 10.1 Å². The average molecular weight is 424 g/mol. The Morgan fingerprint density at radius 2 is 2.00 bits per heavy atom. The normalized spacial score (nSPS) is 21.8. The fraction of sp³-hybridized carbons (Fsp3) is 0.318. The van der Waals surface area contributed by atoms with Crippen LogP contribution >= 0.6 is 11.6 Å². The van der Waals surface area contributed by atoms with E-state index >= 15 is 0 Å². The molecule has 1 aliphatic carbocycles. The lowest BCUT2D eigenvalue weighted by Crippen LogP contribution is -2.38. The molecule has 30 heavy (non-hydrogen) atoms. The minimum Gasteiger partial charge on any atom is -0.488 e. The summed E-state index contributed by atoms with van der Waals surface area (Å²) >= 11 is 6.19. The van der Waals surface area contributed by atoms with Gasteiger partial charge in [0, 0.05) is 36.5 Å². The lowest BCUT2D eigenvalue weighted by atomic mass is 9.90. The Morgan fingerprint density at radius 3 is 2.73 bits per heavy atom. The Bertz CT molecular complexity index is 1170. The second-order valence-electron chi connectivity index (χ2n) is 7.72. The molecule has 0 radical (unpaired) electrons. The summed E-state index contributed by atoms with van der Waals surface area (Å²) in [6.07, 6.45) is 6.81. The Hall–Kier alpha value is -2.90. The van der Waals surface area contributed by atoms with E-state index in [1.54, 1.807) is 17.1 Å². The van der Waals surface area contributed by atoms with Gasteiger partial charge in [0.2, 0.25) is 0 Å². The van der Waals surface area contributed by atoms with Gasteiger partial charge in [-0.2, -0.15) is 10.2 Å². The van der Waals surface area contributed by atoms with Crippen molar-refractivity contribution in [2.75, 3.05) is 0 Å². The molecule has 1 saturated carbocycles. The van der Waals surface area contributed by atoms with Crippen LogP contribution in [0.3, 0.4) is 0 Å². The zero-order valence-corrected chi connectivity index (χ0v) is 17.3.